The molecule has 0 saturated carbocycles. The van der Waals surface area contributed by atoms with Crippen LogP contribution in [0, 0.1) is 6.92 Å². The molecular formula is C23H18N4O2S. The Morgan fingerprint density at radius 2 is 1.73 bits per heavy atom. The summed E-state index contributed by atoms with van der Waals surface area (Å²) in [4.78, 5) is 9.08. The van der Waals surface area contributed by atoms with Crippen LogP contribution in [0.3, 0.4) is 0 Å². The third-order valence-electron chi connectivity index (χ3n) is 5.00. The van der Waals surface area contributed by atoms with Gasteiger partial charge in [-0.2, -0.15) is 0 Å². The monoisotopic (exact) mass is 414 g/mol. The van der Waals surface area contributed by atoms with E-state index in [-0.39, 0.29) is 4.90 Å². The van der Waals surface area contributed by atoms with Gasteiger partial charge >= 0.3 is 0 Å². The number of fused-ring (bicyclic) bond motifs is 2. The molecule has 2 aromatic carbocycles. The number of hydrogen-bond acceptors (Lipinski definition) is 4. The van der Waals surface area contributed by atoms with Gasteiger partial charge in [0.25, 0.3) is 10.0 Å². The number of aromatic nitrogens is 3. The maximum atomic E-state index is 13.0. The quantitative estimate of drug-likeness (QED) is 0.464. The zero-order chi connectivity index (χ0) is 20.7. The van der Waals surface area contributed by atoms with Gasteiger partial charge in [0.15, 0.2) is 0 Å². The average molecular weight is 414 g/mol. The maximum absolute atomic E-state index is 13.0. The summed E-state index contributed by atoms with van der Waals surface area (Å²) in [5.74, 6) is 0. The summed E-state index contributed by atoms with van der Waals surface area (Å²) in [6.45, 7) is 2.02. The number of benzene rings is 2. The summed E-state index contributed by atoms with van der Waals surface area (Å²) in [5.41, 5.74) is 4.67. The number of hydrogen-bond donors (Lipinski definition) is 1. The molecule has 0 aliphatic rings. The van der Waals surface area contributed by atoms with Gasteiger partial charge in [0.1, 0.15) is 10.5 Å². The van der Waals surface area contributed by atoms with Gasteiger partial charge in [-0.05, 0) is 42.8 Å². The van der Waals surface area contributed by atoms with E-state index in [2.05, 4.69) is 14.7 Å². The van der Waals surface area contributed by atoms with Crippen molar-refractivity contribution >= 4 is 32.3 Å². The molecule has 5 rings (SSSR count). The van der Waals surface area contributed by atoms with Gasteiger partial charge < -0.3 is 4.40 Å². The molecule has 5 aromatic rings. The number of imidazole rings is 1. The first-order chi connectivity index (χ1) is 14.5. The number of sulfonamides is 1. The van der Waals surface area contributed by atoms with Crippen molar-refractivity contribution in [3.8, 4) is 11.3 Å². The van der Waals surface area contributed by atoms with E-state index in [1.807, 2.05) is 60.1 Å². The Bertz CT molecular complexity index is 1480. The second-order valence-corrected chi connectivity index (χ2v) is 8.71. The smallest absolute Gasteiger partial charge is 0.264 e. The van der Waals surface area contributed by atoms with Crippen molar-refractivity contribution in [2.24, 2.45) is 0 Å². The van der Waals surface area contributed by atoms with E-state index >= 15 is 0 Å². The zero-order valence-electron chi connectivity index (χ0n) is 16.1. The first-order valence-corrected chi connectivity index (χ1v) is 10.9. The fraction of sp³-hybridized carbons (Fsp3) is 0.0435. The fourth-order valence-corrected chi connectivity index (χ4v) is 4.74. The van der Waals surface area contributed by atoms with Crippen molar-refractivity contribution in [3.63, 3.8) is 0 Å². The lowest BCUT2D eigenvalue weighted by Crippen LogP contribution is -2.13. The maximum Gasteiger partial charge on any atom is 0.264 e. The predicted octanol–water partition coefficient (Wildman–Crippen LogP) is 4.66. The van der Waals surface area contributed by atoms with Crippen molar-refractivity contribution in [3.05, 3.63) is 90.9 Å². The van der Waals surface area contributed by atoms with E-state index in [1.165, 1.54) is 0 Å². The molecule has 7 heteroatoms. The van der Waals surface area contributed by atoms with Gasteiger partial charge in [-0.15, -0.1) is 0 Å². The second kappa shape index (κ2) is 6.96. The van der Waals surface area contributed by atoms with E-state index in [4.69, 9.17) is 0 Å². The summed E-state index contributed by atoms with van der Waals surface area (Å²) < 4.78 is 30.5. The fourth-order valence-electron chi connectivity index (χ4n) is 3.50. The highest BCUT2D eigenvalue weighted by Gasteiger charge is 2.18. The van der Waals surface area contributed by atoms with E-state index in [0.717, 1.165) is 27.9 Å². The van der Waals surface area contributed by atoms with Crippen LogP contribution < -0.4 is 4.72 Å². The van der Waals surface area contributed by atoms with Crippen molar-refractivity contribution in [2.75, 3.05) is 4.72 Å². The molecule has 30 heavy (non-hydrogen) atoms. The molecule has 0 aliphatic carbocycles. The Morgan fingerprint density at radius 1 is 0.933 bits per heavy atom. The van der Waals surface area contributed by atoms with E-state index in [0.29, 0.717) is 11.2 Å². The van der Waals surface area contributed by atoms with Gasteiger partial charge in [0, 0.05) is 35.2 Å². The molecule has 148 valence electrons. The molecule has 0 atom stereocenters. The van der Waals surface area contributed by atoms with Crippen molar-refractivity contribution < 1.29 is 8.42 Å². The number of pyridine rings is 2. The Hall–Kier alpha value is -3.71. The molecule has 0 amide bonds. The van der Waals surface area contributed by atoms with Gasteiger partial charge in [-0.3, -0.25) is 9.71 Å². The lowest BCUT2D eigenvalue weighted by Gasteiger charge is -2.10. The molecule has 0 radical (unpaired) electrons. The summed E-state index contributed by atoms with van der Waals surface area (Å²) in [6, 6.07) is 19.9. The molecule has 6 nitrogen and oxygen atoms in total. The molecule has 0 bridgehead atoms. The van der Waals surface area contributed by atoms with Crippen LogP contribution in [-0.4, -0.2) is 22.8 Å². The number of rotatable bonds is 4. The standard InChI is InChI=1S/C23H18N4O2S/c1-16-5-4-14-27-15-20(25-23(16)27)17-9-11-19(12-10-17)26-30(28,29)21-8-2-6-18-7-3-13-24-22(18)21/h2-15,26H,1H3. The molecule has 0 unspecified atom stereocenters. The van der Waals surface area contributed by atoms with Crippen molar-refractivity contribution in [1.29, 1.82) is 0 Å². The Kier molecular flexibility index (Phi) is 4.25. The SMILES string of the molecule is Cc1cccn2cc(-c3ccc(NS(=O)(=O)c4cccc5cccnc45)cc3)nc12. The molecular weight excluding hydrogens is 396 g/mol. The highest BCUT2D eigenvalue weighted by atomic mass is 32.2. The van der Waals surface area contributed by atoms with Crippen LogP contribution in [0.15, 0.2) is 90.2 Å². The number of para-hydroxylation sites is 1. The molecule has 0 fully saturated rings. The highest BCUT2D eigenvalue weighted by molar-refractivity contribution is 7.93. The van der Waals surface area contributed by atoms with Crippen LogP contribution >= 0.6 is 0 Å². The van der Waals surface area contributed by atoms with Crippen molar-refractivity contribution in [2.45, 2.75) is 11.8 Å². The number of anilines is 1. The van der Waals surface area contributed by atoms with Gasteiger partial charge in [0.2, 0.25) is 0 Å². The molecule has 3 aromatic heterocycles. The Balaban J connectivity index is 1.46. The zero-order valence-corrected chi connectivity index (χ0v) is 17.0. The summed E-state index contributed by atoms with van der Waals surface area (Å²) in [5, 5.41) is 0.776. The lowest BCUT2D eigenvalue weighted by molar-refractivity contribution is 0.602. The van der Waals surface area contributed by atoms with Crippen molar-refractivity contribution in [1.82, 2.24) is 14.4 Å². The minimum absolute atomic E-state index is 0.153. The van der Waals surface area contributed by atoms with Crippen LogP contribution in [-0.2, 0) is 10.0 Å². The minimum atomic E-state index is -3.78. The topological polar surface area (TPSA) is 76.4 Å². The molecule has 0 saturated heterocycles. The van der Waals surface area contributed by atoms with Crippen LogP contribution in [0.1, 0.15) is 5.56 Å². The summed E-state index contributed by atoms with van der Waals surface area (Å²) in [7, 11) is -3.78. The largest absolute Gasteiger partial charge is 0.306 e. The summed E-state index contributed by atoms with van der Waals surface area (Å²) in [6.07, 6.45) is 5.51. The second-order valence-electron chi connectivity index (χ2n) is 7.06. The van der Waals surface area contributed by atoms with Crippen LogP contribution in [0.2, 0.25) is 0 Å². The van der Waals surface area contributed by atoms with E-state index in [1.54, 1.807) is 36.5 Å². The first-order valence-electron chi connectivity index (χ1n) is 9.43. The predicted molar refractivity (Wildman–Crippen MR) is 118 cm³/mol. The third-order valence-corrected chi connectivity index (χ3v) is 6.41. The highest BCUT2D eigenvalue weighted by Crippen LogP contribution is 2.26. The van der Waals surface area contributed by atoms with Gasteiger partial charge in [-0.1, -0.05) is 36.4 Å². The number of aryl methyl sites for hydroxylation is 1. The molecule has 0 aliphatic heterocycles. The number of nitrogens with one attached hydrogen (secondary N) is 1. The third kappa shape index (κ3) is 3.19. The van der Waals surface area contributed by atoms with E-state index < -0.39 is 10.0 Å². The van der Waals surface area contributed by atoms with E-state index in [9.17, 15) is 8.42 Å². The Morgan fingerprint density at radius 3 is 2.53 bits per heavy atom. The molecule has 0 spiro atoms. The lowest BCUT2D eigenvalue weighted by atomic mass is 10.1. The van der Waals surface area contributed by atoms with Gasteiger partial charge in [-0.25, -0.2) is 13.4 Å². The van der Waals surface area contributed by atoms with Crippen LogP contribution in [0.4, 0.5) is 5.69 Å². The molecule has 1 N–H and O–H groups in total. The minimum Gasteiger partial charge on any atom is -0.306 e. The Labute approximate surface area is 173 Å². The first kappa shape index (κ1) is 18.3. The average Bonchev–Trinajstić information content (AvgIpc) is 3.19. The van der Waals surface area contributed by atoms with Crippen LogP contribution in [0.5, 0.6) is 0 Å². The normalized spacial score (nSPS) is 11.8. The van der Waals surface area contributed by atoms with Crippen LogP contribution in [0.25, 0.3) is 27.8 Å². The van der Waals surface area contributed by atoms with Gasteiger partial charge in [0.05, 0.1) is 11.2 Å². The summed E-state index contributed by atoms with van der Waals surface area (Å²) >= 11 is 0. The number of nitrogens with zero attached hydrogens (tertiary/aromatic N) is 3. The molecule has 3 heterocycles.